The fraction of sp³-hybridized carbons (Fsp3) is 0. The Morgan fingerprint density at radius 2 is 2.50 bits per heavy atom. The van der Waals surface area contributed by atoms with Crippen LogP contribution in [0, 0.1) is 11.5 Å². The molecule has 0 aliphatic carbocycles. The van der Waals surface area contributed by atoms with Crippen molar-refractivity contribution in [1.29, 1.82) is 5.26 Å². The molecule has 0 aromatic rings. The Labute approximate surface area is 56.7 Å². The molecule has 0 saturated carbocycles. The van der Waals surface area contributed by atoms with E-state index in [-0.39, 0.29) is 0 Å². The minimum absolute atomic E-state index is 0.875. The van der Waals surface area contributed by atoms with Gasteiger partial charge in [0.25, 0.3) is 0 Å². The summed E-state index contributed by atoms with van der Waals surface area (Å²) in [5.74, 6) is 0. The molecule has 0 aromatic carbocycles. The summed E-state index contributed by atoms with van der Waals surface area (Å²) >= 11 is 0. The van der Waals surface area contributed by atoms with Crippen molar-refractivity contribution in [3.8, 4) is 6.19 Å². The molecule has 0 radical (unpaired) electrons. The molecular weight excluding hydrogens is 134 g/mol. The van der Waals surface area contributed by atoms with Crippen LogP contribution in [-0.4, -0.2) is 22.0 Å². The molecule has 50 valence electrons. The summed E-state index contributed by atoms with van der Waals surface area (Å²) in [7, 11) is 0. The van der Waals surface area contributed by atoms with Gasteiger partial charge in [-0.1, -0.05) is 4.48 Å². The second-order valence-corrected chi connectivity index (χ2v) is 1.72. The molecular formula is C5H4N3O2+. The highest BCUT2D eigenvalue weighted by Gasteiger charge is 2.36. The van der Waals surface area contributed by atoms with E-state index in [0.29, 0.717) is 0 Å². The molecule has 0 saturated heterocycles. The molecule has 1 unspecified atom stereocenters. The van der Waals surface area contributed by atoms with Gasteiger partial charge in [-0.05, 0) is 0 Å². The summed E-state index contributed by atoms with van der Waals surface area (Å²) in [6, 6.07) is 0. The molecule has 0 aromatic heterocycles. The van der Waals surface area contributed by atoms with Gasteiger partial charge in [-0.3, -0.25) is 0 Å². The van der Waals surface area contributed by atoms with Gasteiger partial charge in [0.2, 0.25) is 6.34 Å². The number of nitrogens with zero attached hydrogens (tertiary/aromatic N) is 3. The van der Waals surface area contributed by atoms with Crippen LogP contribution < -0.4 is 0 Å². The van der Waals surface area contributed by atoms with Crippen molar-refractivity contribution in [2.24, 2.45) is 4.99 Å². The maximum Gasteiger partial charge on any atom is 0.539 e. The Morgan fingerprint density at radius 3 is 2.70 bits per heavy atom. The monoisotopic (exact) mass is 138 g/mol. The zero-order chi connectivity index (χ0) is 7.61. The maximum atomic E-state index is 10.4. The van der Waals surface area contributed by atoms with Gasteiger partial charge in [-0.15, -0.1) is 5.26 Å². The third-order valence-electron chi connectivity index (χ3n) is 1.12. The van der Waals surface area contributed by atoms with E-state index in [4.69, 9.17) is 10.4 Å². The number of hydrogen-bond donors (Lipinski definition) is 1. The van der Waals surface area contributed by atoms with Crippen molar-refractivity contribution in [3.63, 3.8) is 0 Å². The van der Waals surface area contributed by atoms with E-state index >= 15 is 0 Å². The first-order valence-electron chi connectivity index (χ1n) is 2.46. The maximum absolute atomic E-state index is 10.4. The van der Waals surface area contributed by atoms with Gasteiger partial charge in [0.1, 0.15) is 6.20 Å². The number of rotatable bonds is 0. The highest BCUT2D eigenvalue weighted by Crippen LogP contribution is 2.08. The standard InChI is InChI=1S/C5H3N3O2/c6-3-8(5(9)10)2-1-7-4-8/h1-2,4H/p+1. The highest BCUT2D eigenvalue weighted by atomic mass is 16.4. The lowest BCUT2D eigenvalue weighted by atomic mass is 10.6. The highest BCUT2D eigenvalue weighted by molar-refractivity contribution is 5.73. The van der Waals surface area contributed by atoms with Gasteiger partial charge in [0.05, 0.1) is 6.20 Å². The van der Waals surface area contributed by atoms with E-state index in [1.165, 1.54) is 12.4 Å². The van der Waals surface area contributed by atoms with Gasteiger partial charge in [0, 0.05) is 0 Å². The van der Waals surface area contributed by atoms with E-state index in [0.717, 1.165) is 6.34 Å². The minimum Gasteiger partial charge on any atom is -0.434 e. The first-order chi connectivity index (χ1) is 4.71. The molecule has 1 rings (SSSR count). The van der Waals surface area contributed by atoms with Crippen LogP contribution in [0.5, 0.6) is 0 Å². The third-order valence-corrected chi connectivity index (χ3v) is 1.12. The van der Waals surface area contributed by atoms with Crippen molar-refractivity contribution in [2.45, 2.75) is 0 Å². The molecule has 1 aliphatic rings. The van der Waals surface area contributed by atoms with E-state index in [2.05, 4.69) is 4.99 Å². The lowest BCUT2D eigenvalue weighted by Crippen LogP contribution is -2.39. The normalized spacial score (nSPS) is 28.3. The van der Waals surface area contributed by atoms with Crippen LogP contribution >= 0.6 is 0 Å². The van der Waals surface area contributed by atoms with Crippen LogP contribution in [0.1, 0.15) is 0 Å². The van der Waals surface area contributed by atoms with Crippen LogP contribution in [0.3, 0.4) is 0 Å². The predicted molar refractivity (Wildman–Crippen MR) is 31.5 cm³/mol. The Bertz CT molecular complexity index is 249. The summed E-state index contributed by atoms with van der Waals surface area (Å²) < 4.78 is -0.875. The number of hydrogen-bond acceptors (Lipinski definition) is 3. The topological polar surface area (TPSA) is 73.5 Å². The van der Waals surface area contributed by atoms with Crippen molar-refractivity contribution in [3.05, 3.63) is 12.4 Å². The third kappa shape index (κ3) is 0.674. The fourth-order valence-electron chi connectivity index (χ4n) is 0.541. The van der Waals surface area contributed by atoms with Crippen molar-refractivity contribution < 1.29 is 14.4 Å². The Balaban J connectivity index is 3.05. The summed E-state index contributed by atoms with van der Waals surface area (Å²) in [6.07, 6.45) is 3.83. The Kier molecular flexibility index (Phi) is 1.25. The average Bonchev–Trinajstić information content (AvgIpc) is 2.35. The van der Waals surface area contributed by atoms with Crippen molar-refractivity contribution >= 4 is 12.4 Å². The van der Waals surface area contributed by atoms with Crippen LogP contribution in [0.15, 0.2) is 17.4 Å². The van der Waals surface area contributed by atoms with Crippen molar-refractivity contribution in [1.82, 2.24) is 0 Å². The smallest absolute Gasteiger partial charge is 0.434 e. The Morgan fingerprint density at radius 1 is 1.80 bits per heavy atom. The van der Waals surface area contributed by atoms with E-state index < -0.39 is 10.6 Å². The van der Waals surface area contributed by atoms with E-state index in [1.807, 2.05) is 0 Å². The molecule has 1 heterocycles. The van der Waals surface area contributed by atoms with E-state index in [9.17, 15) is 4.79 Å². The zero-order valence-corrected chi connectivity index (χ0v) is 4.93. The van der Waals surface area contributed by atoms with Crippen LogP contribution in [0.2, 0.25) is 0 Å². The number of carboxylic acid groups (broad SMARTS) is 1. The quantitative estimate of drug-likeness (QED) is 0.390. The number of carbonyl (C=O) groups is 1. The second kappa shape index (κ2) is 1.93. The molecule has 0 spiro atoms. The van der Waals surface area contributed by atoms with Gasteiger partial charge in [-0.25, -0.2) is 4.99 Å². The molecule has 5 nitrogen and oxygen atoms in total. The fourth-order valence-corrected chi connectivity index (χ4v) is 0.541. The van der Waals surface area contributed by atoms with Gasteiger partial charge >= 0.3 is 12.3 Å². The summed E-state index contributed by atoms with van der Waals surface area (Å²) in [4.78, 5) is 13.9. The lowest BCUT2D eigenvalue weighted by molar-refractivity contribution is -0.622. The molecule has 1 N–H and O–H groups in total. The first kappa shape index (κ1) is 6.45. The number of amides is 1. The molecule has 1 aliphatic heterocycles. The zero-order valence-electron chi connectivity index (χ0n) is 4.93. The molecule has 5 heteroatoms. The van der Waals surface area contributed by atoms with Crippen molar-refractivity contribution in [2.75, 3.05) is 0 Å². The number of aliphatic imine (C=N–C) groups is 1. The number of quaternary nitrogens is 1. The largest absolute Gasteiger partial charge is 0.539 e. The van der Waals surface area contributed by atoms with Crippen LogP contribution in [0.4, 0.5) is 4.79 Å². The lowest BCUT2D eigenvalue weighted by Gasteiger charge is -2.05. The predicted octanol–water partition coefficient (Wildman–Crippen LogP) is 0.475. The first-order valence-corrected chi connectivity index (χ1v) is 2.46. The van der Waals surface area contributed by atoms with Crippen LogP contribution in [-0.2, 0) is 0 Å². The molecule has 0 fully saturated rings. The molecule has 1 atom stereocenters. The Hall–Kier alpha value is -1.67. The van der Waals surface area contributed by atoms with E-state index in [1.54, 1.807) is 6.19 Å². The number of nitriles is 1. The second-order valence-electron chi connectivity index (χ2n) is 1.72. The average molecular weight is 138 g/mol. The van der Waals surface area contributed by atoms with Crippen LogP contribution in [0.25, 0.3) is 0 Å². The molecule has 1 amide bonds. The summed E-state index contributed by atoms with van der Waals surface area (Å²) in [5.41, 5.74) is 0. The molecule has 10 heavy (non-hydrogen) atoms. The van der Waals surface area contributed by atoms with Gasteiger partial charge in [0.15, 0.2) is 0 Å². The summed E-state index contributed by atoms with van der Waals surface area (Å²) in [5, 5.41) is 16.9. The van der Waals surface area contributed by atoms with Gasteiger partial charge < -0.3 is 5.11 Å². The van der Waals surface area contributed by atoms with Gasteiger partial charge in [-0.2, -0.15) is 4.79 Å². The molecule has 0 bridgehead atoms. The SMILES string of the molecule is N#C[N+]1(C(=O)O)C=CN=C1. The minimum atomic E-state index is -1.25. The summed E-state index contributed by atoms with van der Waals surface area (Å²) in [6.45, 7) is 0.